The molecule has 0 atom stereocenters. The lowest BCUT2D eigenvalue weighted by Crippen LogP contribution is -2.29. The number of hydrogen-bond donors (Lipinski definition) is 0. The first-order chi connectivity index (χ1) is 8.88. The molecule has 1 aliphatic heterocycles. The highest BCUT2D eigenvalue weighted by Gasteiger charge is 2.29. The van der Waals surface area contributed by atoms with Gasteiger partial charge in [-0.25, -0.2) is 0 Å². The second-order valence-corrected chi connectivity index (χ2v) is 6.14. The van der Waals surface area contributed by atoms with Gasteiger partial charge in [-0.05, 0) is 36.3 Å². The summed E-state index contributed by atoms with van der Waals surface area (Å²) in [6, 6.07) is 2.23. The standard InChI is InChI=1S/C13H15N3OS/c1-2-9(1)13-15-14-12(17-13)8-16-5-3-11-10(7-16)4-6-18-11/h4,6,9H,1-3,5,7-8H2. The fraction of sp³-hybridized carbons (Fsp3) is 0.538. The monoisotopic (exact) mass is 261 g/mol. The molecule has 1 saturated carbocycles. The Hall–Kier alpha value is -1.20. The van der Waals surface area contributed by atoms with Gasteiger partial charge in [0, 0.05) is 23.9 Å². The van der Waals surface area contributed by atoms with E-state index in [1.165, 1.54) is 23.3 Å². The van der Waals surface area contributed by atoms with Crippen molar-refractivity contribution in [3.8, 4) is 0 Å². The van der Waals surface area contributed by atoms with Gasteiger partial charge in [0.1, 0.15) is 0 Å². The molecule has 0 unspecified atom stereocenters. The highest BCUT2D eigenvalue weighted by molar-refractivity contribution is 7.10. The van der Waals surface area contributed by atoms with Crippen molar-refractivity contribution in [1.82, 2.24) is 15.1 Å². The maximum Gasteiger partial charge on any atom is 0.230 e. The van der Waals surface area contributed by atoms with Crippen LogP contribution in [0.4, 0.5) is 0 Å². The van der Waals surface area contributed by atoms with Crippen LogP contribution in [-0.4, -0.2) is 21.6 Å². The molecule has 0 aromatic carbocycles. The highest BCUT2D eigenvalue weighted by atomic mass is 32.1. The van der Waals surface area contributed by atoms with Crippen molar-refractivity contribution < 1.29 is 4.42 Å². The van der Waals surface area contributed by atoms with Crippen LogP contribution in [-0.2, 0) is 19.5 Å². The Morgan fingerprint density at radius 1 is 1.39 bits per heavy atom. The van der Waals surface area contributed by atoms with Gasteiger partial charge < -0.3 is 4.42 Å². The molecule has 1 aliphatic carbocycles. The van der Waals surface area contributed by atoms with Crippen LogP contribution < -0.4 is 0 Å². The molecule has 1 fully saturated rings. The zero-order valence-corrected chi connectivity index (χ0v) is 10.9. The molecule has 0 spiro atoms. The quantitative estimate of drug-likeness (QED) is 0.851. The zero-order chi connectivity index (χ0) is 11.9. The lowest BCUT2D eigenvalue weighted by Gasteiger charge is -2.25. The summed E-state index contributed by atoms with van der Waals surface area (Å²) >= 11 is 1.87. The van der Waals surface area contributed by atoms with Crippen LogP contribution in [0.25, 0.3) is 0 Å². The molecular weight excluding hydrogens is 246 g/mol. The molecule has 5 heteroatoms. The first-order valence-corrected chi connectivity index (χ1v) is 7.36. The molecular formula is C13H15N3OS. The van der Waals surface area contributed by atoms with Crippen LogP contribution in [0.1, 0.15) is 41.0 Å². The zero-order valence-electron chi connectivity index (χ0n) is 10.1. The molecule has 18 heavy (non-hydrogen) atoms. The van der Waals surface area contributed by atoms with Gasteiger partial charge in [0.05, 0.1) is 6.54 Å². The average molecular weight is 261 g/mol. The van der Waals surface area contributed by atoms with E-state index < -0.39 is 0 Å². The van der Waals surface area contributed by atoms with Crippen LogP contribution in [0.3, 0.4) is 0 Å². The van der Waals surface area contributed by atoms with Gasteiger partial charge in [-0.15, -0.1) is 21.5 Å². The minimum absolute atomic E-state index is 0.552. The first-order valence-electron chi connectivity index (χ1n) is 6.48. The van der Waals surface area contributed by atoms with E-state index in [9.17, 15) is 0 Å². The van der Waals surface area contributed by atoms with Gasteiger partial charge in [0.2, 0.25) is 11.8 Å². The molecule has 0 radical (unpaired) electrons. The summed E-state index contributed by atoms with van der Waals surface area (Å²) in [5.41, 5.74) is 1.47. The van der Waals surface area contributed by atoms with E-state index in [0.29, 0.717) is 5.92 Å². The predicted molar refractivity (Wildman–Crippen MR) is 68.4 cm³/mol. The summed E-state index contributed by atoms with van der Waals surface area (Å²) in [4.78, 5) is 3.93. The first kappa shape index (κ1) is 10.7. The van der Waals surface area contributed by atoms with Gasteiger partial charge in [-0.3, -0.25) is 4.90 Å². The summed E-state index contributed by atoms with van der Waals surface area (Å²) in [5.74, 6) is 2.17. The molecule has 0 N–H and O–H groups in total. The molecule has 0 saturated heterocycles. The van der Waals surface area contributed by atoms with Gasteiger partial charge in [-0.2, -0.15) is 0 Å². The van der Waals surface area contributed by atoms with Crippen molar-refractivity contribution in [1.29, 1.82) is 0 Å². The Kier molecular flexibility index (Phi) is 2.48. The van der Waals surface area contributed by atoms with Crippen LogP contribution in [0.5, 0.6) is 0 Å². The summed E-state index contributed by atoms with van der Waals surface area (Å²) in [5, 5.41) is 10.5. The average Bonchev–Trinajstić information content (AvgIpc) is 2.95. The Labute approximate surface area is 110 Å². The minimum Gasteiger partial charge on any atom is -0.424 e. The fourth-order valence-electron chi connectivity index (χ4n) is 2.46. The molecule has 4 nitrogen and oxygen atoms in total. The Balaban J connectivity index is 1.45. The third kappa shape index (κ3) is 1.97. The van der Waals surface area contributed by atoms with Crippen LogP contribution in [0.2, 0.25) is 0 Å². The number of thiophene rings is 1. The number of rotatable bonds is 3. The topological polar surface area (TPSA) is 42.2 Å². The summed E-state index contributed by atoms with van der Waals surface area (Å²) in [6.45, 7) is 2.89. The van der Waals surface area contributed by atoms with E-state index in [4.69, 9.17) is 4.42 Å². The number of fused-ring (bicyclic) bond motifs is 1. The normalized spacial score (nSPS) is 20.0. The third-order valence-electron chi connectivity index (χ3n) is 3.65. The molecule has 2 aliphatic rings. The summed E-state index contributed by atoms with van der Waals surface area (Å²) < 4.78 is 5.72. The second-order valence-electron chi connectivity index (χ2n) is 5.14. The van der Waals surface area contributed by atoms with E-state index in [-0.39, 0.29) is 0 Å². The number of aromatic nitrogens is 2. The molecule has 3 heterocycles. The molecule has 2 aromatic rings. The molecule has 94 valence electrons. The SMILES string of the molecule is c1cc2c(s1)CCN(Cc1nnc(C3CC3)o1)C2. The van der Waals surface area contributed by atoms with Crippen LogP contribution in [0.15, 0.2) is 15.9 Å². The van der Waals surface area contributed by atoms with E-state index >= 15 is 0 Å². The van der Waals surface area contributed by atoms with Crippen molar-refractivity contribution in [2.45, 2.75) is 38.3 Å². The summed E-state index contributed by atoms with van der Waals surface area (Å²) in [7, 11) is 0. The lowest BCUT2D eigenvalue weighted by molar-refractivity contribution is 0.220. The van der Waals surface area contributed by atoms with Crippen molar-refractivity contribution >= 4 is 11.3 Å². The van der Waals surface area contributed by atoms with E-state index in [2.05, 4.69) is 26.5 Å². The van der Waals surface area contributed by atoms with Gasteiger partial charge in [0.25, 0.3) is 0 Å². The summed E-state index contributed by atoms with van der Waals surface area (Å²) in [6.07, 6.45) is 3.57. The van der Waals surface area contributed by atoms with E-state index in [0.717, 1.165) is 37.8 Å². The van der Waals surface area contributed by atoms with Gasteiger partial charge in [0.15, 0.2) is 0 Å². The predicted octanol–water partition coefficient (Wildman–Crippen LogP) is 2.57. The highest BCUT2D eigenvalue weighted by Crippen LogP contribution is 2.39. The maximum absolute atomic E-state index is 5.72. The van der Waals surface area contributed by atoms with Crippen LogP contribution >= 0.6 is 11.3 Å². The smallest absolute Gasteiger partial charge is 0.230 e. The van der Waals surface area contributed by atoms with Crippen molar-refractivity contribution in [2.24, 2.45) is 0 Å². The van der Waals surface area contributed by atoms with E-state index in [1.807, 2.05) is 11.3 Å². The Morgan fingerprint density at radius 3 is 3.22 bits per heavy atom. The lowest BCUT2D eigenvalue weighted by atomic mass is 10.1. The fourth-order valence-corrected chi connectivity index (χ4v) is 3.35. The Bertz CT molecular complexity index is 558. The van der Waals surface area contributed by atoms with Gasteiger partial charge in [-0.1, -0.05) is 0 Å². The van der Waals surface area contributed by atoms with Crippen molar-refractivity contribution in [3.63, 3.8) is 0 Å². The van der Waals surface area contributed by atoms with E-state index in [1.54, 1.807) is 0 Å². The molecule has 0 amide bonds. The number of nitrogens with zero attached hydrogens (tertiary/aromatic N) is 3. The maximum atomic E-state index is 5.72. The molecule has 2 aromatic heterocycles. The molecule has 4 rings (SSSR count). The molecule has 0 bridgehead atoms. The minimum atomic E-state index is 0.552. The van der Waals surface area contributed by atoms with Crippen molar-refractivity contribution in [2.75, 3.05) is 6.54 Å². The third-order valence-corrected chi connectivity index (χ3v) is 4.68. The van der Waals surface area contributed by atoms with Gasteiger partial charge >= 0.3 is 0 Å². The largest absolute Gasteiger partial charge is 0.424 e. The van der Waals surface area contributed by atoms with Crippen LogP contribution in [0, 0.1) is 0 Å². The Morgan fingerprint density at radius 2 is 2.33 bits per heavy atom. The van der Waals surface area contributed by atoms with Crippen molar-refractivity contribution in [3.05, 3.63) is 33.7 Å². The second kappa shape index (κ2) is 4.17. The number of hydrogen-bond acceptors (Lipinski definition) is 5.